The Labute approximate surface area is 173 Å². The Morgan fingerprint density at radius 1 is 1.10 bits per heavy atom. The molecule has 0 aliphatic carbocycles. The third kappa shape index (κ3) is 4.18. The van der Waals surface area contributed by atoms with Gasteiger partial charge < -0.3 is 23.5 Å². The number of nitrogens with zero attached hydrogens (tertiary/aromatic N) is 2. The molecular weight excluding hydrogens is 390 g/mol. The second-order valence-corrected chi connectivity index (χ2v) is 7.66. The van der Waals surface area contributed by atoms with Crippen molar-refractivity contribution in [3.63, 3.8) is 0 Å². The molecule has 0 radical (unpaired) electrons. The van der Waals surface area contributed by atoms with Crippen LogP contribution in [0.4, 0.5) is 0 Å². The van der Waals surface area contributed by atoms with Gasteiger partial charge in [0.15, 0.2) is 16.7 Å². The van der Waals surface area contributed by atoms with Gasteiger partial charge in [-0.1, -0.05) is 23.9 Å². The summed E-state index contributed by atoms with van der Waals surface area (Å²) in [6.45, 7) is 1.33. The largest absolute Gasteiger partial charge is 0.497 e. The smallest absolute Gasteiger partial charge is 0.170 e. The zero-order valence-corrected chi connectivity index (χ0v) is 17.4. The maximum Gasteiger partial charge on any atom is 0.170 e. The lowest BCUT2D eigenvalue weighted by Crippen LogP contribution is -2.24. The molecule has 2 aromatic carbocycles. The number of thioether (sulfide) groups is 1. The molecule has 8 heteroatoms. The molecule has 0 spiro atoms. The number of fused-ring (bicyclic) bond motifs is 1. The van der Waals surface area contributed by atoms with Gasteiger partial charge in [0.1, 0.15) is 11.2 Å². The molecule has 0 saturated carbocycles. The Morgan fingerprint density at radius 3 is 2.41 bits per heavy atom. The van der Waals surface area contributed by atoms with Gasteiger partial charge in [0, 0.05) is 17.2 Å². The average molecular weight is 413 g/mol. The highest BCUT2D eigenvalue weighted by Gasteiger charge is 2.24. The number of aromatic nitrogens is 2. The van der Waals surface area contributed by atoms with Crippen molar-refractivity contribution in [3.05, 3.63) is 47.4 Å². The number of ether oxygens (including phenoxy) is 4. The number of hydrogen-bond donors (Lipinski definition) is 1. The van der Waals surface area contributed by atoms with Crippen LogP contribution in [0, 0.1) is 5.41 Å². The van der Waals surface area contributed by atoms with E-state index >= 15 is 0 Å². The standard InChI is InChI=1S/C21H23N3O4S/c1-25-14-6-4-13(5-7-14)10-24-20(22)16-8-18(26-2)19(27-3)9-17(16)23-21(24)29-12-15-11-28-15/h4-9,15,22H,10-12H2,1-3H3/t15-/m0/s1. The van der Waals surface area contributed by atoms with Crippen molar-refractivity contribution in [2.45, 2.75) is 17.8 Å². The van der Waals surface area contributed by atoms with Crippen LogP contribution in [0.3, 0.4) is 0 Å². The van der Waals surface area contributed by atoms with Gasteiger partial charge in [-0.25, -0.2) is 4.98 Å². The van der Waals surface area contributed by atoms with E-state index in [1.165, 1.54) is 0 Å². The highest BCUT2D eigenvalue weighted by molar-refractivity contribution is 7.99. The van der Waals surface area contributed by atoms with Crippen LogP contribution in [0.1, 0.15) is 5.56 Å². The van der Waals surface area contributed by atoms with E-state index in [1.807, 2.05) is 41.0 Å². The lowest BCUT2D eigenvalue weighted by Gasteiger charge is -2.16. The summed E-state index contributed by atoms with van der Waals surface area (Å²) >= 11 is 1.61. The minimum absolute atomic E-state index is 0.270. The molecule has 1 aliphatic heterocycles. The molecule has 1 aliphatic rings. The quantitative estimate of drug-likeness (QED) is 0.347. The first-order chi connectivity index (χ1) is 14.1. The van der Waals surface area contributed by atoms with Crippen LogP contribution in [0.5, 0.6) is 17.2 Å². The molecule has 1 saturated heterocycles. The zero-order valence-electron chi connectivity index (χ0n) is 16.6. The predicted octanol–water partition coefficient (Wildman–Crippen LogP) is 3.08. The molecule has 1 atom stereocenters. The normalized spacial score (nSPS) is 15.3. The summed E-state index contributed by atoms with van der Waals surface area (Å²) in [5, 5.41) is 10.4. The number of methoxy groups -OCH3 is 3. The van der Waals surface area contributed by atoms with Gasteiger partial charge in [0.2, 0.25) is 0 Å². The molecule has 29 heavy (non-hydrogen) atoms. The summed E-state index contributed by atoms with van der Waals surface area (Å²) in [5.74, 6) is 2.80. The molecule has 0 amide bonds. The maximum atomic E-state index is 8.87. The van der Waals surface area contributed by atoms with Crippen molar-refractivity contribution in [2.24, 2.45) is 0 Å². The van der Waals surface area contributed by atoms with E-state index in [9.17, 15) is 0 Å². The Bertz CT molecular complexity index is 1080. The molecule has 7 nitrogen and oxygen atoms in total. The summed E-state index contributed by atoms with van der Waals surface area (Å²) in [7, 11) is 4.83. The number of rotatable bonds is 8. The summed E-state index contributed by atoms with van der Waals surface area (Å²) in [5.41, 5.74) is 2.15. The van der Waals surface area contributed by atoms with Crippen LogP contribution in [-0.2, 0) is 11.3 Å². The van der Waals surface area contributed by atoms with Gasteiger partial charge in [-0.3, -0.25) is 5.41 Å². The minimum Gasteiger partial charge on any atom is -0.497 e. The summed E-state index contributed by atoms with van der Waals surface area (Å²) in [6, 6.07) is 11.5. The number of benzene rings is 2. The first-order valence-electron chi connectivity index (χ1n) is 9.21. The van der Waals surface area contributed by atoms with Crippen molar-refractivity contribution in [1.82, 2.24) is 9.55 Å². The lowest BCUT2D eigenvalue weighted by atomic mass is 10.2. The van der Waals surface area contributed by atoms with E-state index < -0.39 is 0 Å². The van der Waals surface area contributed by atoms with Crippen molar-refractivity contribution >= 4 is 22.7 Å². The molecule has 4 rings (SSSR count). The van der Waals surface area contributed by atoms with Crippen molar-refractivity contribution in [3.8, 4) is 17.2 Å². The van der Waals surface area contributed by atoms with Crippen LogP contribution in [0.15, 0.2) is 41.6 Å². The summed E-state index contributed by atoms with van der Waals surface area (Å²) in [6.07, 6.45) is 0.270. The fourth-order valence-electron chi connectivity index (χ4n) is 3.06. The Kier molecular flexibility index (Phi) is 5.64. The SMILES string of the molecule is COc1ccc(Cn2c(SC[C@@H]3CO3)nc3cc(OC)c(OC)cc3c2=N)cc1. The van der Waals surface area contributed by atoms with E-state index in [1.54, 1.807) is 33.1 Å². The third-order valence-electron chi connectivity index (χ3n) is 4.77. The third-order valence-corrected chi connectivity index (χ3v) is 5.88. The summed E-state index contributed by atoms with van der Waals surface area (Å²) < 4.78 is 23.3. The van der Waals surface area contributed by atoms with Gasteiger partial charge in [-0.2, -0.15) is 0 Å². The molecule has 152 valence electrons. The van der Waals surface area contributed by atoms with Gasteiger partial charge in [-0.15, -0.1) is 0 Å². The molecule has 0 bridgehead atoms. The van der Waals surface area contributed by atoms with Crippen LogP contribution >= 0.6 is 11.8 Å². The maximum absolute atomic E-state index is 8.87. The highest BCUT2D eigenvalue weighted by atomic mass is 32.2. The Hall–Kier alpha value is -2.71. The molecule has 1 aromatic heterocycles. The van der Waals surface area contributed by atoms with Gasteiger partial charge >= 0.3 is 0 Å². The first kappa shape index (κ1) is 19.6. The van der Waals surface area contributed by atoms with Gasteiger partial charge in [0.05, 0.1) is 46.1 Å². The second-order valence-electron chi connectivity index (χ2n) is 6.67. The van der Waals surface area contributed by atoms with E-state index in [4.69, 9.17) is 29.3 Å². The monoisotopic (exact) mass is 413 g/mol. The van der Waals surface area contributed by atoms with Crippen molar-refractivity contribution < 1.29 is 18.9 Å². The van der Waals surface area contributed by atoms with Gasteiger partial charge in [-0.05, 0) is 23.8 Å². The first-order valence-corrected chi connectivity index (χ1v) is 10.2. The molecule has 3 aromatic rings. The van der Waals surface area contributed by atoms with Gasteiger partial charge in [0.25, 0.3) is 0 Å². The molecular formula is C21H23N3O4S. The highest BCUT2D eigenvalue weighted by Crippen LogP contribution is 2.31. The molecule has 1 fully saturated rings. The number of nitrogens with one attached hydrogen (secondary N) is 1. The van der Waals surface area contributed by atoms with E-state index in [0.717, 1.165) is 28.8 Å². The Morgan fingerprint density at radius 2 is 1.79 bits per heavy atom. The van der Waals surface area contributed by atoms with Crippen LogP contribution < -0.4 is 19.7 Å². The van der Waals surface area contributed by atoms with Crippen LogP contribution in [0.25, 0.3) is 10.9 Å². The number of hydrogen-bond acceptors (Lipinski definition) is 7. The fourth-order valence-corrected chi connectivity index (χ4v) is 4.06. The van der Waals surface area contributed by atoms with E-state index in [-0.39, 0.29) is 6.10 Å². The lowest BCUT2D eigenvalue weighted by molar-refractivity contribution is 0.355. The minimum atomic E-state index is 0.270. The topological polar surface area (TPSA) is 81.9 Å². The summed E-state index contributed by atoms with van der Waals surface area (Å²) in [4.78, 5) is 4.84. The molecule has 0 unspecified atom stereocenters. The zero-order chi connectivity index (χ0) is 20.4. The number of epoxide rings is 1. The molecule has 2 heterocycles. The fraction of sp³-hybridized carbons (Fsp3) is 0.333. The molecule has 1 N–H and O–H groups in total. The Balaban J connectivity index is 1.80. The van der Waals surface area contributed by atoms with Crippen molar-refractivity contribution in [1.29, 1.82) is 5.41 Å². The van der Waals surface area contributed by atoms with E-state index in [2.05, 4.69) is 0 Å². The van der Waals surface area contributed by atoms with Crippen molar-refractivity contribution in [2.75, 3.05) is 33.7 Å². The van der Waals surface area contributed by atoms with Crippen LogP contribution in [0.2, 0.25) is 0 Å². The predicted molar refractivity (Wildman–Crippen MR) is 111 cm³/mol. The van der Waals surface area contributed by atoms with Crippen LogP contribution in [-0.4, -0.2) is 49.3 Å². The average Bonchev–Trinajstić information content (AvgIpc) is 3.58. The second kappa shape index (κ2) is 8.34. The van der Waals surface area contributed by atoms with E-state index in [0.29, 0.717) is 34.4 Å².